The van der Waals surface area contributed by atoms with Crippen molar-refractivity contribution in [2.75, 3.05) is 13.6 Å². The summed E-state index contributed by atoms with van der Waals surface area (Å²) >= 11 is 3.46. The first-order valence-corrected chi connectivity index (χ1v) is 8.70. The van der Waals surface area contributed by atoms with E-state index in [1.54, 1.807) is 0 Å². The zero-order chi connectivity index (χ0) is 15.4. The zero-order valence-electron chi connectivity index (χ0n) is 13.3. The molecule has 0 radical (unpaired) electrons. The van der Waals surface area contributed by atoms with E-state index in [1.807, 2.05) is 0 Å². The molecule has 0 amide bonds. The van der Waals surface area contributed by atoms with Crippen LogP contribution in [0.5, 0.6) is 0 Å². The summed E-state index contributed by atoms with van der Waals surface area (Å²) in [5.74, 6) is 2.10. The first kappa shape index (κ1) is 16.7. The van der Waals surface area contributed by atoms with Gasteiger partial charge < -0.3 is 4.90 Å². The van der Waals surface area contributed by atoms with Crippen molar-refractivity contribution in [1.82, 2.24) is 4.90 Å². The molecular formula is C18H26BrNO. The highest BCUT2D eigenvalue weighted by Gasteiger charge is 2.30. The van der Waals surface area contributed by atoms with Crippen LogP contribution in [0.1, 0.15) is 38.7 Å². The number of carbonyl (C=O) groups is 1. The van der Waals surface area contributed by atoms with Gasteiger partial charge in [-0.2, -0.15) is 0 Å². The Morgan fingerprint density at radius 3 is 2.57 bits per heavy atom. The molecule has 0 heterocycles. The maximum atomic E-state index is 12.2. The van der Waals surface area contributed by atoms with E-state index in [-0.39, 0.29) is 5.92 Å². The Hall–Kier alpha value is -0.670. The van der Waals surface area contributed by atoms with Gasteiger partial charge in [0.15, 0.2) is 0 Å². The van der Waals surface area contributed by atoms with Crippen LogP contribution in [0.3, 0.4) is 0 Å². The number of Topliss-reactive ketones (excluding diaryl/α,β-unsaturated/α-hetero) is 1. The van der Waals surface area contributed by atoms with Crippen molar-refractivity contribution in [1.29, 1.82) is 0 Å². The van der Waals surface area contributed by atoms with Gasteiger partial charge in [0.05, 0.1) is 0 Å². The van der Waals surface area contributed by atoms with E-state index < -0.39 is 0 Å². The van der Waals surface area contributed by atoms with Crippen LogP contribution in [0.4, 0.5) is 0 Å². The number of halogens is 1. The van der Waals surface area contributed by atoms with Crippen LogP contribution >= 0.6 is 15.9 Å². The minimum absolute atomic E-state index is 0.228. The van der Waals surface area contributed by atoms with Gasteiger partial charge in [0.25, 0.3) is 0 Å². The Balaban J connectivity index is 1.90. The number of hydrogen-bond donors (Lipinski definition) is 0. The van der Waals surface area contributed by atoms with E-state index in [4.69, 9.17) is 0 Å². The summed E-state index contributed by atoms with van der Waals surface area (Å²) in [4.78, 5) is 14.4. The van der Waals surface area contributed by atoms with E-state index in [0.29, 0.717) is 17.6 Å². The number of rotatable bonds is 5. The molecule has 1 aliphatic rings. The van der Waals surface area contributed by atoms with Crippen molar-refractivity contribution in [3.63, 3.8) is 0 Å². The molecule has 1 aromatic rings. The Morgan fingerprint density at radius 1 is 1.29 bits per heavy atom. The maximum absolute atomic E-state index is 12.2. The van der Waals surface area contributed by atoms with Crippen molar-refractivity contribution < 1.29 is 4.79 Å². The van der Waals surface area contributed by atoms with Gasteiger partial charge in [0, 0.05) is 29.9 Å². The molecule has 1 aromatic carbocycles. The quantitative estimate of drug-likeness (QED) is 0.776. The fraction of sp³-hybridized carbons (Fsp3) is 0.611. The van der Waals surface area contributed by atoms with E-state index >= 15 is 0 Å². The van der Waals surface area contributed by atoms with E-state index in [2.05, 4.69) is 66.0 Å². The van der Waals surface area contributed by atoms with Crippen LogP contribution in [0.15, 0.2) is 28.7 Å². The second-order valence-corrected chi connectivity index (χ2v) is 7.68. The van der Waals surface area contributed by atoms with E-state index in [9.17, 15) is 4.79 Å². The third kappa shape index (κ3) is 4.93. The van der Waals surface area contributed by atoms with Crippen LogP contribution in [-0.2, 0) is 11.3 Å². The van der Waals surface area contributed by atoms with Crippen molar-refractivity contribution in [2.24, 2.45) is 17.8 Å². The molecule has 1 fully saturated rings. The predicted octanol–water partition coefficient (Wildman–Crippen LogP) is 4.52. The second kappa shape index (κ2) is 7.55. The minimum Gasteiger partial charge on any atom is -0.301 e. The van der Waals surface area contributed by atoms with Crippen LogP contribution < -0.4 is 0 Å². The summed E-state index contributed by atoms with van der Waals surface area (Å²) < 4.78 is 1.11. The molecule has 2 nitrogen and oxygen atoms in total. The molecular weight excluding hydrogens is 326 g/mol. The lowest BCUT2D eigenvalue weighted by atomic mass is 9.75. The molecule has 21 heavy (non-hydrogen) atoms. The average Bonchev–Trinajstić information content (AvgIpc) is 2.43. The van der Waals surface area contributed by atoms with Crippen molar-refractivity contribution in [3.8, 4) is 0 Å². The molecule has 0 aromatic heterocycles. The lowest BCUT2D eigenvalue weighted by molar-refractivity contribution is -0.126. The number of ketones is 1. The third-order valence-corrected chi connectivity index (χ3v) is 5.17. The van der Waals surface area contributed by atoms with Gasteiger partial charge >= 0.3 is 0 Å². The summed E-state index contributed by atoms with van der Waals surface area (Å²) in [5, 5.41) is 0. The van der Waals surface area contributed by atoms with E-state index in [1.165, 1.54) is 5.56 Å². The summed E-state index contributed by atoms with van der Waals surface area (Å²) in [6.07, 6.45) is 2.93. The zero-order valence-corrected chi connectivity index (χ0v) is 14.9. The minimum atomic E-state index is 0.228. The largest absolute Gasteiger partial charge is 0.301 e. The fourth-order valence-electron chi connectivity index (χ4n) is 3.27. The highest BCUT2D eigenvalue weighted by atomic mass is 79.9. The Bertz CT molecular complexity index is 469. The predicted molar refractivity (Wildman–Crippen MR) is 91.2 cm³/mol. The summed E-state index contributed by atoms with van der Waals surface area (Å²) in [5.41, 5.74) is 1.30. The topological polar surface area (TPSA) is 20.3 Å². The molecule has 3 heteroatoms. The number of carbonyl (C=O) groups excluding carboxylic acids is 1. The molecule has 2 atom stereocenters. The average molecular weight is 352 g/mol. The first-order chi connectivity index (χ1) is 9.95. The normalized spacial score (nSPS) is 23.0. The van der Waals surface area contributed by atoms with Crippen molar-refractivity contribution >= 4 is 21.7 Å². The molecule has 116 valence electrons. The maximum Gasteiger partial charge on any atom is 0.137 e. The van der Waals surface area contributed by atoms with Gasteiger partial charge in [-0.1, -0.05) is 41.9 Å². The highest BCUT2D eigenvalue weighted by Crippen LogP contribution is 2.32. The molecule has 0 bridgehead atoms. The van der Waals surface area contributed by atoms with Gasteiger partial charge in [0.2, 0.25) is 0 Å². The number of nitrogens with zero attached hydrogens (tertiary/aromatic N) is 1. The standard InChI is InChI=1S/C18H26BrNO/c1-13(2)15-6-9-18(21)16(10-15)12-20(3)11-14-4-7-17(19)8-5-14/h4-5,7-8,13,15-16H,6,9-12H2,1-3H3. The highest BCUT2D eigenvalue weighted by molar-refractivity contribution is 9.10. The van der Waals surface area contributed by atoms with Crippen LogP contribution in [-0.4, -0.2) is 24.3 Å². The molecule has 2 rings (SSSR count). The Morgan fingerprint density at radius 2 is 1.95 bits per heavy atom. The SMILES string of the molecule is CC(C)C1CCC(=O)C(CN(C)Cc2ccc(Br)cc2)C1. The smallest absolute Gasteiger partial charge is 0.137 e. The molecule has 0 spiro atoms. The first-order valence-electron chi connectivity index (χ1n) is 7.91. The lowest BCUT2D eigenvalue weighted by Gasteiger charge is -2.33. The molecule has 0 N–H and O–H groups in total. The fourth-order valence-corrected chi connectivity index (χ4v) is 3.53. The lowest BCUT2D eigenvalue weighted by Crippen LogP contribution is -2.35. The van der Waals surface area contributed by atoms with Gasteiger partial charge in [-0.3, -0.25) is 4.79 Å². The summed E-state index contributed by atoms with van der Waals surface area (Å²) in [6, 6.07) is 8.42. The van der Waals surface area contributed by atoms with Gasteiger partial charge in [-0.15, -0.1) is 0 Å². The monoisotopic (exact) mass is 351 g/mol. The van der Waals surface area contributed by atoms with Crippen LogP contribution in [0, 0.1) is 17.8 Å². The number of hydrogen-bond acceptors (Lipinski definition) is 2. The molecule has 0 aliphatic heterocycles. The molecule has 2 unspecified atom stereocenters. The van der Waals surface area contributed by atoms with Crippen LogP contribution in [0.25, 0.3) is 0 Å². The molecule has 1 aliphatic carbocycles. The molecule has 1 saturated carbocycles. The summed E-state index contributed by atoms with van der Waals surface area (Å²) in [7, 11) is 2.12. The van der Waals surface area contributed by atoms with Gasteiger partial charge in [-0.25, -0.2) is 0 Å². The Kier molecular flexibility index (Phi) is 6.00. The van der Waals surface area contributed by atoms with Crippen molar-refractivity contribution in [3.05, 3.63) is 34.3 Å². The second-order valence-electron chi connectivity index (χ2n) is 6.76. The van der Waals surface area contributed by atoms with E-state index in [0.717, 1.165) is 36.8 Å². The van der Waals surface area contributed by atoms with Gasteiger partial charge in [-0.05, 0) is 49.4 Å². The molecule has 0 saturated heterocycles. The summed E-state index contributed by atoms with van der Waals surface area (Å²) in [6.45, 7) is 6.35. The van der Waals surface area contributed by atoms with Crippen molar-refractivity contribution in [2.45, 2.75) is 39.7 Å². The van der Waals surface area contributed by atoms with Crippen LogP contribution in [0.2, 0.25) is 0 Å². The Labute approximate surface area is 137 Å². The number of benzene rings is 1. The third-order valence-electron chi connectivity index (χ3n) is 4.64. The van der Waals surface area contributed by atoms with Gasteiger partial charge in [0.1, 0.15) is 5.78 Å².